The molecule has 18 heavy (non-hydrogen) atoms. The van der Waals surface area contributed by atoms with Gasteiger partial charge in [0.15, 0.2) is 0 Å². The van der Waals surface area contributed by atoms with Gasteiger partial charge in [0.05, 0.1) is 11.1 Å². The highest BCUT2D eigenvalue weighted by atomic mass is 79.9. The Labute approximate surface area is 117 Å². The maximum absolute atomic E-state index is 9.66. The third-order valence-electron chi connectivity index (χ3n) is 3.38. The summed E-state index contributed by atoms with van der Waals surface area (Å²) in [4.78, 5) is 2.42. The van der Waals surface area contributed by atoms with Gasteiger partial charge in [-0.3, -0.25) is 4.90 Å². The summed E-state index contributed by atoms with van der Waals surface area (Å²) < 4.78 is 6.30. The van der Waals surface area contributed by atoms with Gasteiger partial charge in [0, 0.05) is 19.7 Å². The molecule has 0 amide bonds. The van der Waals surface area contributed by atoms with Crippen molar-refractivity contribution in [2.24, 2.45) is 5.92 Å². The lowest BCUT2D eigenvalue weighted by Gasteiger charge is -2.17. The van der Waals surface area contributed by atoms with E-state index < -0.39 is 0 Å². The van der Waals surface area contributed by atoms with Crippen LogP contribution in [0.25, 0.3) is 0 Å². The molecule has 1 saturated heterocycles. The Morgan fingerprint density at radius 2 is 2.33 bits per heavy atom. The number of benzene rings is 1. The fourth-order valence-electron chi connectivity index (χ4n) is 2.41. The molecule has 1 N–H and O–H groups in total. The second-order valence-corrected chi connectivity index (χ2v) is 5.59. The molecule has 1 aromatic carbocycles. The van der Waals surface area contributed by atoms with E-state index in [1.54, 1.807) is 6.07 Å². The Hall–Kier alpha value is -0.580. The fraction of sp³-hybridized carbons (Fsp3) is 0.571. The lowest BCUT2D eigenvalue weighted by Crippen LogP contribution is -2.21. The van der Waals surface area contributed by atoms with E-state index >= 15 is 0 Å². The monoisotopic (exact) mass is 313 g/mol. The van der Waals surface area contributed by atoms with Crippen molar-refractivity contribution in [3.63, 3.8) is 0 Å². The minimum absolute atomic E-state index is 0.317. The highest BCUT2D eigenvalue weighted by Gasteiger charge is 2.23. The predicted octanol–water partition coefficient (Wildman–Crippen LogP) is 3.01. The standard InChI is InChI=1S/C14H20BrNO2/c1-2-18-10-11-6-7-16(8-11)9-12-4-3-5-13(17)14(12)15/h3-5,11,17H,2,6-10H2,1H3. The van der Waals surface area contributed by atoms with Crippen LogP contribution >= 0.6 is 15.9 Å². The molecule has 0 aliphatic carbocycles. The first-order chi connectivity index (χ1) is 8.70. The number of phenolic OH excluding ortho intramolecular Hbond substituents is 1. The Morgan fingerprint density at radius 1 is 1.50 bits per heavy atom. The molecular formula is C14H20BrNO2. The summed E-state index contributed by atoms with van der Waals surface area (Å²) in [7, 11) is 0. The van der Waals surface area contributed by atoms with Gasteiger partial charge < -0.3 is 9.84 Å². The quantitative estimate of drug-likeness (QED) is 0.907. The van der Waals surface area contributed by atoms with Crippen LogP contribution in [0.1, 0.15) is 18.9 Å². The smallest absolute Gasteiger partial charge is 0.130 e. The van der Waals surface area contributed by atoms with Crippen molar-refractivity contribution in [1.82, 2.24) is 4.90 Å². The highest BCUT2D eigenvalue weighted by molar-refractivity contribution is 9.10. The van der Waals surface area contributed by atoms with Crippen molar-refractivity contribution in [2.45, 2.75) is 19.9 Å². The molecule has 0 radical (unpaired) electrons. The molecule has 0 saturated carbocycles. The van der Waals surface area contributed by atoms with E-state index in [0.29, 0.717) is 11.7 Å². The minimum Gasteiger partial charge on any atom is -0.507 e. The molecule has 100 valence electrons. The number of hydrogen-bond donors (Lipinski definition) is 1. The summed E-state index contributed by atoms with van der Waals surface area (Å²) in [6, 6.07) is 5.65. The number of halogens is 1. The first-order valence-corrected chi connectivity index (χ1v) is 7.26. The molecule has 1 aliphatic rings. The second kappa shape index (κ2) is 6.55. The zero-order valence-corrected chi connectivity index (χ0v) is 12.3. The summed E-state index contributed by atoms with van der Waals surface area (Å²) in [6.07, 6.45) is 1.20. The van der Waals surface area contributed by atoms with E-state index in [9.17, 15) is 5.11 Å². The first kappa shape index (κ1) is 13.8. The molecule has 4 heteroatoms. The van der Waals surface area contributed by atoms with Crippen LogP contribution in [-0.2, 0) is 11.3 Å². The molecule has 3 nitrogen and oxygen atoms in total. The van der Waals surface area contributed by atoms with Crippen LogP contribution in [0.3, 0.4) is 0 Å². The predicted molar refractivity (Wildman–Crippen MR) is 75.7 cm³/mol. The van der Waals surface area contributed by atoms with Crippen LogP contribution in [0.2, 0.25) is 0 Å². The van der Waals surface area contributed by atoms with E-state index in [1.807, 2.05) is 13.0 Å². The lowest BCUT2D eigenvalue weighted by molar-refractivity contribution is 0.111. The first-order valence-electron chi connectivity index (χ1n) is 6.47. The van der Waals surface area contributed by atoms with Gasteiger partial charge in [-0.1, -0.05) is 12.1 Å². The van der Waals surface area contributed by atoms with Crippen molar-refractivity contribution in [2.75, 3.05) is 26.3 Å². The van der Waals surface area contributed by atoms with Crippen molar-refractivity contribution >= 4 is 15.9 Å². The Balaban J connectivity index is 1.89. The summed E-state index contributed by atoms with van der Waals surface area (Å²) in [6.45, 7) is 6.79. The van der Waals surface area contributed by atoms with Gasteiger partial charge in [0.25, 0.3) is 0 Å². The highest BCUT2D eigenvalue weighted by Crippen LogP contribution is 2.29. The Bertz CT molecular complexity index is 397. The van der Waals surface area contributed by atoms with Crippen LogP contribution in [0.5, 0.6) is 5.75 Å². The zero-order chi connectivity index (χ0) is 13.0. The second-order valence-electron chi connectivity index (χ2n) is 4.80. The number of rotatable bonds is 5. The third-order valence-corrected chi connectivity index (χ3v) is 4.30. The van der Waals surface area contributed by atoms with E-state index in [-0.39, 0.29) is 0 Å². The molecule has 0 spiro atoms. The largest absolute Gasteiger partial charge is 0.507 e. The van der Waals surface area contributed by atoms with Gasteiger partial charge >= 0.3 is 0 Å². The van der Waals surface area contributed by atoms with Gasteiger partial charge in [-0.15, -0.1) is 0 Å². The van der Waals surface area contributed by atoms with Crippen LogP contribution in [0.15, 0.2) is 22.7 Å². The lowest BCUT2D eigenvalue weighted by atomic mass is 10.1. The summed E-state index contributed by atoms with van der Waals surface area (Å²) in [5, 5.41) is 9.66. The SMILES string of the molecule is CCOCC1CCN(Cc2cccc(O)c2Br)C1. The van der Waals surface area contributed by atoms with E-state index in [1.165, 1.54) is 6.42 Å². The number of aromatic hydroxyl groups is 1. The van der Waals surface area contributed by atoms with E-state index in [4.69, 9.17) is 4.74 Å². The maximum Gasteiger partial charge on any atom is 0.130 e. The molecule has 1 atom stereocenters. The van der Waals surface area contributed by atoms with Crippen molar-refractivity contribution in [3.05, 3.63) is 28.2 Å². The molecular weight excluding hydrogens is 294 g/mol. The number of hydrogen-bond acceptors (Lipinski definition) is 3. The van der Waals surface area contributed by atoms with Gasteiger partial charge in [-0.05, 0) is 53.4 Å². The van der Waals surface area contributed by atoms with Gasteiger partial charge in [0.1, 0.15) is 5.75 Å². The average Bonchev–Trinajstić information content (AvgIpc) is 2.80. The number of nitrogens with zero attached hydrogens (tertiary/aromatic N) is 1. The molecule has 1 unspecified atom stereocenters. The van der Waals surface area contributed by atoms with Gasteiger partial charge in [-0.2, -0.15) is 0 Å². The maximum atomic E-state index is 9.66. The average molecular weight is 314 g/mol. The number of ether oxygens (including phenoxy) is 1. The van der Waals surface area contributed by atoms with Crippen LogP contribution < -0.4 is 0 Å². The zero-order valence-electron chi connectivity index (χ0n) is 10.7. The molecule has 1 heterocycles. The van der Waals surface area contributed by atoms with Crippen molar-refractivity contribution < 1.29 is 9.84 Å². The summed E-state index contributed by atoms with van der Waals surface area (Å²) in [5.74, 6) is 0.971. The number of phenols is 1. The molecule has 1 fully saturated rings. The van der Waals surface area contributed by atoms with Crippen LogP contribution in [-0.4, -0.2) is 36.3 Å². The molecule has 1 aliphatic heterocycles. The molecule has 2 rings (SSSR count). The summed E-state index contributed by atoms with van der Waals surface area (Å²) in [5.41, 5.74) is 1.15. The van der Waals surface area contributed by atoms with Gasteiger partial charge in [0.2, 0.25) is 0 Å². The molecule has 0 aromatic heterocycles. The fourth-order valence-corrected chi connectivity index (χ4v) is 2.80. The van der Waals surface area contributed by atoms with Crippen molar-refractivity contribution in [3.8, 4) is 5.75 Å². The summed E-state index contributed by atoms with van der Waals surface area (Å²) >= 11 is 3.44. The Kier molecular flexibility index (Phi) is 5.03. The van der Waals surface area contributed by atoms with Crippen molar-refractivity contribution in [1.29, 1.82) is 0 Å². The molecule has 1 aromatic rings. The van der Waals surface area contributed by atoms with E-state index in [2.05, 4.69) is 26.9 Å². The normalized spacial score (nSPS) is 20.4. The minimum atomic E-state index is 0.317. The van der Waals surface area contributed by atoms with Gasteiger partial charge in [-0.25, -0.2) is 0 Å². The molecule has 0 bridgehead atoms. The number of likely N-dealkylation sites (tertiary alicyclic amines) is 1. The van der Waals surface area contributed by atoms with Crippen LogP contribution in [0.4, 0.5) is 0 Å². The third kappa shape index (κ3) is 3.46. The topological polar surface area (TPSA) is 32.7 Å². The van der Waals surface area contributed by atoms with E-state index in [0.717, 1.165) is 42.9 Å². The Morgan fingerprint density at radius 3 is 3.11 bits per heavy atom. The van der Waals surface area contributed by atoms with Crippen LogP contribution in [0, 0.1) is 5.92 Å².